The first-order valence-electron chi connectivity index (χ1n) is 10.0. The summed E-state index contributed by atoms with van der Waals surface area (Å²) in [7, 11) is 1.79. The first kappa shape index (κ1) is 21.3. The maximum Gasteiger partial charge on any atom is 0.266 e. The third kappa shape index (κ3) is 5.02. The molecule has 0 aliphatic carbocycles. The molecule has 1 aliphatic rings. The first-order chi connectivity index (χ1) is 15.0. The number of aromatic nitrogens is 3. The van der Waals surface area contributed by atoms with Crippen LogP contribution in [0.25, 0.3) is 0 Å². The number of carbonyl (C=O) groups is 1. The van der Waals surface area contributed by atoms with Crippen LogP contribution in [0, 0.1) is 12.7 Å². The molecule has 0 unspecified atom stereocenters. The van der Waals surface area contributed by atoms with Crippen molar-refractivity contribution >= 4 is 22.4 Å². The summed E-state index contributed by atoms with van der Waals surface area (Å²) in [5, 5.41) is 11.1. The van der Waals surface area contributed by atoms with Gasteiger partial charge in [0.1, 0.15) is 22.5 Å². The van der Waals surface area contributed by atoms with Crippen molar-refractivity contribution in [3.8, 4) is 5.75 Å². The van der Waals surface area contributed by atoms with E-state index in [1.54, 1.807) is 24.1 Å². The van der Waals surface area contributed by atoms with Crippen LogP contribution in [0.3, 0.4) is 0 Å². The van der Waals surface area contributed by atoms with Crippen molar-refractivity contribution in [1.82, 2.24) is 20.1 Å². The Bertz CT molecular complexity index is 1040. The van der Waals surface area contributed by atoms with Crippen molar-refractivity contribution in [2.45, 2.75) is 19.4 Å². The molecule has 1 saturated heterocycles. The van der Waals surface area contributed by atoms with Crippen LogP contribution in [0.4, 0.5) is 9.52 Å². The second-order valence-corrected chi connectivity index (χ2v) is 8.16. The van der Waals surface area contributed by atoms with Crippen LogP contribution >= 0.6 is 11.3 Å². The van der Waals surface area contributed by atoms with Gasteiger partial charge in [-0.25, -0.2) is 9.37 Å². The van der Waals surface area contributed by atoms with Crippen LogP contribution in [0.5, 0.6) is 5.75 Å². The lowest BCUT2D eigenvalue weighted by molar-refractivity contribution is -0.0246. The maximum absolute atomic E-state index is 13.0. The van der Waals surface area contributed by atoms with Gasteiger partial charge in [-0.1, -0.05) is 11.3 Å². The van der Waals surface area contributed by atoms with Crippen LogP contribution in [-0.2, 0) is 11.2 Å². The number of morpholine rings is 1. The second-order valence-electron chi connectivity index (χ2n) is 7.16. The Balaban J connectivity index is 1.34. The number of nitrogens with one attached hydrogen (secondary N) is 2. The van der Waals surface area contributed by atoms with Crippen molar-refractivity contribution < 1.29 is 18.7 Å². The summed E-state index contributed by atoms with van der Waals surface area (Å²) >= 11 is 1.36. The molecule has 8 nitrogen and oxygen atoms in total. The van der Waals surface area contributed by atoms with Gasteiger partial charge in [-0.05, 0) is 37.3 Å². The highest BCUT2D eigenvalue weighted by Crippen LogP contribution is 2.27. The van der Waals surface area contributed by atoms with Crippen LogP contribution in [0.2, 0.25) is 0 Å². The van der Waals surface area contributed by atoms with E-state index in [0.717, 1.165) is 22.2 Å². The monoisotopic (exact) mass is 445 g/mol. The van der Waals surface area contributed by atoms with Crippen LogP contribution in [0.15, 0.2) is 30.3 Å². The Hall–Kier alpha value is -2.98. The summed E-state index contributed by atoms with van der Waals surface area (Å²) in [4.78, 5) is 19.8. The van der Waals surface area contributed by atoms with Gasteiger partial charge in [-0.15, -0.1) is 0 Å². The lowest BCUT2D eigenvalue weighted by Crippen LogP contribution is -2.42. The molecule has 1 aliphatic heterocycles. The highest BCUT2D eigenvalue weighted by molar-refractivity contribution is 7.17. The molecule has 4 rings (SSSR count). The number of aromatic amines is 1. The largest absolute Gasteiger partial charge is 0.493 e. The Morgan fingerprint density at radius 1 is 1.42 bits per heavy atom. The van der Waals surface area contributed by atoms with E-state index in [2.05, 4.69) is 20.5 Å². The highest BCUT2D eigenvalue weighted by Gasteiger charge is 2.29. The number of hydrogen-bond acceptors (Lipinski definition) is 7. The number of rotatable bonds is 7. The van der Waals surface area contributed by atoms with Crippen molar-refractivity contribution in [3.63, 3.8) is 0 Å². The molecule has 3 aromatic rings. The van der Waals surface area contributed by atoms with Gasteiger partial charge in [-0.2, -0.15) is 5.10 Å². The van der Waals surface area contributed by atoms with Gasteiger partial charge in [0, 0.05) is 25.7 Å². The molecule has 1 amide bonds. The van der Waals surface area contributed by atoms with E-state index in [1.165, 1.54) is 23.5 Å². The molecule has 2 aromatic heterocycles. The zero-order valence-corrected chi connectivity index (χ0v) is 18.2. The molecule has 1 fully saturated rings. The van der Waals surface area contributed by atoms with E-state index in [-0.39, 0.29) is 17.8 Å². The molecular weight excluding hydrogens is 421 g/mol. The second kappa shape index (κ2) is 9.44. The van der Waals surface area contributed by atoms with Crippen molar-refractivity contribution in [2.75, 3.05) is 38.7 Å². The number of ether oxygens (including phenoxy) is 2. The van der Waals surface area contributed by atoms with E-state index in [9.17, 15) is 9.18 Å². The number of thiazole rings is 1. The minimum absolute atomic E-state index is 0.0340. The highest BCUT2D eigenvalue weighted by atomic mass is 32.1. The maximum atomic E-state index is 13.0. The molecule has 10 heteroatoms. The predicted molar refractivity (Wildman–Crippen MR) is 115 cm³/mol. The summed E-state index contributed by atoms with van der Waals surface area (Å²) in [6, 6.07) is 7.86. The van der Waals surface area contributed by atoms with Gasteiger partial charge in [0.15, 0.2) is 5.13 Å². The quantitative estimate of drug-likeness (QED) is 0.580. The fourth-order valence-electron chi connectivity index (χ4n) is 3.34. The molecule has 0 spiro atoms. The zero-order valence-electron chi connectivity index (χ0n) is 17.4. The van der Waals surface area contributed by atoms with Crippen molar-refractivity contribution in [1.29, 1.82) is 0 Å². The molecule has 3 heterocycles. The minimum atomic E-state index is -0.294. The number of carbonyl (C=O) groups excluding carboxylic acids is 1. The van der Waals surface area contributed by atoms with Gasteiger partial charge in [0.05, 0.1) is 31.1 Å². The number of hydrogen-bond donors (Lipinski definition) is 2. The predicted octanol–water partition coefficient (Wildman–Crippen LogP) is 3.19. The summed E-state index contributed by atoms with van der Waals surface area (Å²) < 4.78 is 24.5. The van der Waals surface area contributed by atoms with Gasteiger partial charge < -0.3 is 19.7 Å². The molecule has 1 atom stereocenters. The molecule has 0 radical (unpaired) electrons. The van der Waals surface area contributed by atoms with Crippen LogP contribution < -0.4 is 10.1 Å². The standard InChI is InChI=1S/C21H24FN5O3S/c1-13-19(31-21(23-2)24-13)20(28)27-8-10-30-18(12-27)17-11-15(25-26-17)7-9-29-16-5-3-14(22)4-6-16/h3-6,11,18H,7-10,12H2,1-2H3,(H,23,24)(H,25,26)/t18-/m0/s1. The Kier molecular flexibility index (Phi) is 6.47. The number of aryl methyl sites for hydroxylation is 1. The lowest BCUT2D eigenvalue weighted by Gasteiger charge is -2.31. The van der Waals surface area contributed by atoms with E-state index in [0.29, 0.717) is 43.4 Å². The molecule has 164 valence electrons. The topological polar surface area (TPSA) is 92.4 Å². The summed E-state index contributed by atoms with van der Waals surface area (Å²) in [5.74, 6) is 0.289. The Morgan fingerprint density at radius 2 is 2.23 bits per heavy atom. The lowest BCUT2D eigenvalue weighted by atomic mass is 10.1. The Morgan fingerprint density at radius 3 is 2.97 bits per heavy atom. The normalized spacial score (nSPS) is 16.4. The smallest absolute Gasteiger partial charge is 0.266 e. The van der Waals surface area contributed by atoms with Crippen molar-refractivity contribution in [2.24, 2.45) is 0 Å². The number of anilines is 1. The molecule has 1 aromatic carbocycles. The zero-order chi connectivity index (χ0) is 21.8. The number of halogens is 1. The molecule has 0 saturated carbocycles. The fourth-order valence-corrected chi connectivity index (χ4v) is 4.23. The Labute approximate surface area is 183 Å². The number of H-pyrrole nitrogens is 1. The summed E-state index contributed by atoms with van der Waals surface area (Å²) in [6.07, 6.45) is 0.324. The van der Waals surface area contributed by atoms with Crippen molar-refractivity contribution in [3.05, 3.63) is 58.1 Å². The molecule has 2 N–H and O–H groups in total. The SMILES string of the molecule is CNc1nc(C)c(C(=O)N2CCO[C@H](c3cc(CCOc4ccc(F)cc4)[nH]n3)C2)s1. The summed E-state index contributed by atoms with van der Waals surface area (Å²) in [5.41, 5.74) is 2.39. The van der Waals surface area contributed by atoms with Gasteiger partial charge in [-0.3, -0.25) is 9.89 Å². The van der Waals surface area contributed by atoms with Crippen LogP contribution in [-0.4, -0.2) is 59.3 Å². The van der Waals surface area contributed by atoms with E-state index in [1.807, 2.05) is 13.0 Å². The van der Waals surface area contributed by atoms with Crippen LogP contribution in [0.1, 0.15) is 32.9 Å². The average Bonchev–Trinajstić information content (AvgIpc) is 3.41. The number of nitrogens with zero attached hydrogens (tertiary/aromatic N) is 3. The van der Waals surface area contributed by atoms with Gasteiger partial charge >= 0.3 is 0 Å². The number of benzene rings is 1. The third-order valence-corrected chi connectivity index (χ3v) is 6.16. The fraction of sp³-hybridized carbons (Fsp3) is 0.381. The van der Waals surface area contributed by atoms with Gasteiger partial charge in [0.25, 0.3) is 5.91 Å². The van der Waals surface area contributed by atoms with E-state index < -0.39 is 0 Å². The molecular formula is C21H24FN5O3S. The average molecular weight is 446 g/mol. The van der Waals surface area contributed by atoms with Gasteiger partial charge in [0.2, 0.25) is 0 Å². The number of amides is 1. The minimum Gasteiger partial charge on any atom is -0.493 e. The summed E-state index contributed by atoms with van der Waals surface area (Å²) in [6.45, 7) is 3.69. The van der Waals surface area contributed by atoms with E-state index >= 15 is 0 Å². The molecule has 0 bridgehead atoms. The third-order valence-electron chi connectivity index (χ3n) is 4.99. The molecule has 31 heavy (non-hydrogen) atoms. The first-order valence-corrected chi connectivity index (χ1v) is 10.8. The van der Waals surface area contributed by atoms with E-state index in [4.69, 9.17) is 9.47 Å².